The average Bonchev–Trinajstić information content (AvgIpc) is 3.43. The van der Waals surface area contributed by atoms with Gasteiger partial charge in [0.25, 0.3) is 5.91 Å². The zero-order chi connectivity index (χ0) is 20.3. The number of aromatic nitrogens is 1. The molecular formula is C24H16N2O2S2. The van der Waals surface area contributed by atoms with Gasteiger partial charge in [0.1, 0.15) is 22.2 Å². The molecule has 0 spiro atoms. The number of thiazole rings is 1. The molecule has 4 nitrogen and oxygen atoms in total. The maximum Gasteiger partial charge on any atom is 0.275 e. The van der Waals surface area contributed by atoms with Gasteiger partial charge in [-0.2, -0.15) is 0 Å². The molecule has 1 amide bonds. The minimum Gasteiger partial charge on any atom is -0.457 e. The van der Waals surface area contributed by atoms with Gasteiger partial charge < -0.3 is 10.1 Å². The van der Waals surface area contributed by atoms with Crippen LogP contribution in [0.25, 0.3) is 20.7 Å². The normalized spacial score (nSPS) is 10.8. The Morgan fingerprint density at radius 1 is 0.800 bits per heavy atom. The first-order chi connectivity index (χ1) is 14.8. The third-order valence-electron chi connectivity index (χ3n) is 4.54. The van der Waals surface area contributed by atoms with Crippen LogP contribution in [0.3, 0.4) is 0 Å². The Balaban J connectivity index is 1.29. The van der Waals surface area contributed by atoms with E-state index in [1.165, 1.54) is 16.0 Å². The lowest BCUT2D eigenvalue weighted by molar-refractivity contribution is 0.102. The predicted molar refractivity (Wildman–Crippen MR) is 124 cm³/mol. The zero-order valence-corrected chi connectivity index (χ0v) is 17.4. The van der Waals surface area contributed by atoms with E-state index in [9.17, 15) is 4.79 Å². The summed E-state index contributed by atoms with van der Waals surface area (Å²) in [5, 5.41) is 8.80. The van der Waals surface area contributed by atoms with Crippen molar-refractivity contribution in [3.8, 4) is 22.1 Å². The lowest BCUT2D eigenvalue weighted by Gasteiger charge is -2.07. The first kappa shape index (κ1) is 18.5. The quantitative estimate of drug-likeness (QED) is 0.326. The van der Waals surface area contributed by atoms with Crippen molar-refractivity contribution in [1.82, 2.24) is 4.98 Å². The van der Waals surface area contributed by atoms with Gasteiger partial charge in [0, 0.05) is 32.1 Å². The molecule has 0 aliphatic heterocycles. The van der Waals surface area contributed by atoms with E-state index in [2.05, 4.69) is 27.8 Å². The van der Waals surface area contributed by atoms with Gasteiger partial charge in [-0.15, -0.1) is 22.7 Å². The van der Waals surface area contributed by atoms with Crippen LogP contribution in [-0.2, 0) is 0 Å². The number of benzene rings is 3. The number of ether oxygens (including phenoxy) is 1. The van der Waals surface area contributed by atoms with Crippen molar-refractivity contribution in [3.63, 3.8) is 0 Å². The highest BCUT2D eigenvalue weighted by Gasteiger charge is 2.15. The van der Waals surface area contributed by atoms with E-state index < -0.39 is 0 Å². The molecule has 5 aromatic rings. The van der Waals surface area contributed by atoms with Crippen LogP contribution in [0.15, 0.2) is 89.6 Å². The van der Waals surface area contributed by atoms with Gasteiger partial charge in [-0.05, 0) is 42.5 Å². The number of nitrogens with zero attached hydrogens (tertiary/aromatic N) is 1. The highest BCUT2D eigenvalue weighted by Crippen LogP contribution is 2.35. The Morgan fingerprint density at radius 2 is 1.53 bits per heavy atom. The molecule has 1 N–H and O–H groups in total. The molecule has 6 heteroatoms. The molecule has 0 saturated carbocycles. The third kappa shape index (κ3) is 3.83. The second kappa shape index (κ2) is 8.10. The van der Waals surface area contributed by atoms with Crippen molar-refractivity contribution < 1.29 is 9.53 Å². The lowest BCUT2D eigenvalue weighted by atomic mass is 10.2. The van der Waals surface area contributed by atoms with Crippen LogP contribution < -0.4 is 10.1 Å². The minimum absolute atomic E-state index is 0.228. The van der Waals surface area contributed by atoms with Crippen LogP contribution in [0.5, 0.6) is 11.5 Å². The number of nitrogens with one attached hydrogen (secondary N) is 1. The van der Waals surface area contributed by atoms with Crippen LogP contribution in [0.4, 0.5) is 5.69 Å². The molecule has 0 atom stereocenters. The number of hydrogen-bond donors (Lipinski definition) is 1. The number of fused-ring (bicyclic) bond motifs is 1. The van der Waals surface area contributed by atoms with Gasteiger partial charge in [0.15, 0.2) is 0 Å². The Labute approximate surface area is 181 Å². The standard InChI is InChI=1S/C24H16N2O2S2/c27-23(25-16-10-12-18(13-11-16)28-17-6-2-1-3-7-17)21-15-30-24(26-21)20-14-29-22-9-5-4-8-19(20)22/h1-15H,(H,25,27). The average molecular weight is 429 g/mol. The highest BCUT2D eigenvalue weighted by atomic mass is 32.1. The molecule has 0 radical (unpaired) electrons. The Bertz CT molecular complexity index is 1310. The first-order valence-corrected chi connectivity index (χ1v) is 11.1. The van der Waals surface area contributed by atoms with Crippen LogP contribution in [0, 0.1) is 0 Å². The molecule has 0 bridgehead atoms. The lowest BCUT2D eigenvalue weighted by Crippen LogP contribution is -2.12. The van der Waals surface area contributed by atoms with E-state index in [-0.39, 0.29) is 5.91 Å². The van der Waals surface area contributed by atoms with Crippen molar-refractivity contribution >= 4 is 44.4 Å². The molecule has 0 unspecified atom stereocenters. The number of carbonyl (C=O) groups excluding carboxylic acids is 1. The Hall–Kier alpha value is -3.48. The topological polar surface area (TPSA) is 51.2 Å². The largest absolute Gasteiger partial charge is 0.457 e. The summed E-state index contributed by atoms with van der Waals surface area (Å²) in [7, 11) is 0. The monoisotopic (exact) mass is 428 g/mol. The Morgan fingerprint density at radius 3 is 2.37 bits per heavy atom. The predicted octanol–water partition coefficient (Wildman–Crippen LogP) is 7.07. The summed E-state index contributed by atoms with van der Waals surface area (Å²) < 4.78 is 6.99. The number of carbonyl (C=O) groups is 1. The van der Waals surface area contributed by atoms with E-state index in [0.29, 0.717) is 17.1 Å². The number of anilines is 1. The number of hydrogen-bond acceptors (Lipinski definition) is 5. The number of para-hydroxylation sites is 1. The zero-order valence-electron chi connectivity index (χ0n) is 15.7. The smallest absolute Gasteiger partial charge is 0.275 e. The molecule has 0 fully saturated rings. The van der Waals surface area contributed by atoms with Gasteiger partial charge in [0.2, 0.25) is 0 Å². The van der Waals surface area contributed by atoms with Gasteiger partial charge in [-0.25, -0.2) is 4.98 Å². The molecular weight excluding hydrogens is 412 g/mol. The van der Waals surface area contributed by atoms with Gasteiger partial charge in [-0.3, -0.25) is 4.79 Å². The van der Waals surface area contributed by atoms with Crippen molar-refractivity contribution in [1.29, 1.82) is 0 Å². The summed E-state index contributed by atoms with van der Waals surface area (Å²) >= 11 is 3.16. The fourth-order valence-electron chi connectivity index (χ4n) is 3.07. The fraction of sp³-hybridized carbons (Fsp3) is 0. The van der Waals surface area contributed by atoms with E-state index in [1.807, 2.05) is 66.7 Å². The molecule has 3 aromatic carbocycles. The highest BCUT2D eigenvalue weighted by molar-refractivity contribution is 7.19. The third-order valence-corrected chi connectivity index (χ3v) is 6.38. The van der Waals surface area contributed by atoms with E-state index in [0.717, 1.165) is 21.7 Å². The van der Waals surface area contributed by atoms with Crippen molar-refractivity contribution in [2.75, 3.05) is 5.32 Å². The van der Waals surface area contributed by atoms with E-state index >= 15 is 0 Å². The summed E-state index contributed by atoms with van der Waals surface area (Å²) in [6.07, 6.45) is 0. The van der Waals surface area contributed by atoms with Crippen molar-refractivity contribution in [2.45, 2.75) is 0 Å². The summed E-state index contributed by atoms with van der Waals surface area (Å²) in [4.78, 5) is 17.2. The molecule has 0 aliphatic rings. The number of thiophene rings is 1. The molecule has 30 heavy (non-hydrogen) atoms. The van der Waals surface area contributed by atoms with Gasteiger partial charge in [0.05, 0.1) is 0 Å². The van der Waals surface area contributed by atoms with Crippen LogP contribution in [0.2, 0.25) is 0 Å². The Kier molecular flexibility index (Phi) is 5.01. The van der Waals surface area contributed by atoms with Crippen LogP contribution in [0.1, 0.15) is 10.5 Å². The molecule has 0 saturated heterocycles. The van der Waals surface area contributed by atoms with Gasteiger partial charge in [-0.1, -0.05) is 36.4 Å². The first-order valence-electron chi connectivity index (χ1n) is 9.33. The van der Waals surface area contributed by atoms with Crippen LogP contribution >= 0.6 is 22.7 Å². The van der Waals surface area contributed by atoms with E-state index in [1.54, 1.807) is 16.7 Å². The summed E-state index contributed by atoms with van der Waals surface area (Å²) in [5.41, 5.74) is 2.17. The maximum atomic E-state index is 12.6. The van der Waals surface area contributed by atoms with E-state index in [4.69, 9.17) is 4.74 Å². The fourth-order valence-corrected chi connectivity index (χ4v) is 4.92. The molecule has 2 aromatic heterocycles. The van der Waals surface area contributed by atoms with Crippen molar-refractivity contribution in [3.05, 3.63) is 95.3 Å². The SMILES string of the molecule is O=C(Nc1ccc(Oc2ccccc2)cc1)c1csc(-c2csc3ccccc23)n1. The molecule has 0 aliphatic carbocycles. The second-order valence-corrected chi connectivity index (χ2v) is 8.35. The molecule has 2 heterocycles. The maximum absolute atomic E-state index is 12.6. The number of rotatable bonds is 5. The summed E-state index contributed by atoms with van der Waals surface area (Å²) in [5.74, 6) is 1.25. The van der Waals surface area contributed by atoms with Crippen molar-refractivity contribution in [2.24, 2.45) is 0 Å². The second-order valence-electron chi connectivity index (χ2n) is 6.58. The summed E-state index contributed by atoms with van der Waals surface area (Å²) in [6, 6.07) is 25.1. The van der Waals surface area contributed by atoms with Gasteiger partial charge >= 0.3 is 0 Å². The summed E-state index contributed by atoms with van der Waals surface area (Å²) in [6.45, 7) is 0. The molecule has 146 valence electrons. The van der Waals surface area contributed by atoms with Crippen LogP contribution in [-0.4, -0.2) is 10.9 Å². The number of amides is 1. The minimum atomic E-state index is -0.228. The molecule has 5 rings (SSSR count).